The topological polar surface area (TPSA) is 18.5 Å². The fourth-order valence-electron chi connectivity index (χ4n) is 4.58. The molecule has 0 radical (unpaired) electrons. The lowest BCUT2D eigenvalue weighted by atomic mass is 9.77. The Morgan fingerprint density at radius 3 is 1.62 bits per heavy atom. The first kappa shape index (κ1) is 29.0. The molecule has 0 saturated heterocycles. The Labute approximate surface area is 204 Å². The smallest absolute Gasteiger partial charge is 0.429 e. The zero-order chi connectivity index (χ0) is 27.8. The Balaban J connectivity index is 1.84. The Morgan fingerprint density at radius 2 is 1.16 bits per heavy atom. The van der Waals surface area contributed by atoms with Gasteiger partial charge in [-0.2, -0.15) is 17.6 Å². The first-order chi connectivity index (χ1) is 17.0. The van der Waals surface area contributed by atoms with Crippen LogP contribution >= 0.6 is 0 Å². The molecule has 1 fully saturated rings. The normalized spacial score (nSPS) is 19.2. The van der Waals surface area contributed by atoms with Crippen molar-refractivity contribution in [2.75, 3.05) is 0 Å². The van der Waals surface area contributed by atoms with Crippen molar-refractivity contribution in [2.45, 2.75) is 69.9 Å². The number of hydrogen-bond acceptors (Lipinski definition) is 2. The van der Waals surface area contributed by atoms with Crippen LogP contribution < -0.4 is 4.74 Å². The second-order valence-corrected chi connectivity index (χ2v) is 8.81. The van der Waals surface area contributed by atoms with Crippen molar-refractivity contribution in [1.29, 1.82) is 0 Å². The fourth-order valence-corrected chi connectivity index (χ4v) is 4.58. The van der Waals surface area contributed by atoms with Gasteiger partial charge in [0.1, 0.15) is 40.1 Å². The Morgan fingerprint density at radius 1 is 0.703 bits per heavy atom. The van der Waals surface area contributed by atoms with E-state index in [2.05, 4.69) is 9.47 Å². The molecule has 0 heterocycles. The van der Waals surface area contributed by atoms with Gasteiger partial charge in [-0.3, -0.25) is 0 Å². The van der Waals surface area contributed by atoms with E-state index in [-0.39, 0.29) is 23.6 Å². The molecule has 2 nitrogen and oxygen atoms in total. The molecule has 0 bridgehead atoms. The number of ether oxygens (including phenoxy) is 2. The van der Waals surface area contributed by atoms with Crippen LogP contribution in [0, 0.1) is 29.2 Å². The lowest BCUT2D eigenvalue weighted by Crippen LogP contribution is -2.30. The van der Waals surface area contributed by atoms with Gasteiger partial charge in [0.15, 0.2) is 0 Å². The van der Waals surface area contributed by atoms with Gasteiger partial charge >= 0.3 is 18.6 Å². The van der Waals surface area contributed by atoms with Crippen LogP contribution in [0.2, 0.25) is 0 Å². The zero-order valence-corrected chi connectivity index (χ0v) is 19.2. The highest BCUT2D eigenvalue weighted by molar-refractivity contribution is 5.35. The summed E-state index contributed by atoms with van der Waals surface area (Å²) in [6.45, 7) is 2.03. The molecule has 0 amide bonds. The molecule has 3 rings (SSSR count). The number of hydrogen-bond donors (Lipinski definition) is 0. The number of benzene rings is 2. The van der Waals surface area contributed by atoms with Crippen LogP contribution in [0.1, 0.15) is 68.1 Å². The van der Waals surface area contributed by atoms with Crippen LogP contribution in [-0.2, 0) is 17.0 Å². The molecule has 2 aromatic rings. The van der Waals surface area contributed by atoms with E-state index in [1.165, 1.54) is 0 Å². The molecule has 37 heavy (non-hydrogen) atoms. The van der Waals surface area contributed by atoms with E-state index in [0.29, 0.717) is 30.9 Å². The van der Waals surface area contributed by atoms with E-state index in [4.69, 9.17) is 0 Å². The monoisotopic (exact) mass is 550 g/mol. The highest BCUT2D eigenvalue weighted by Gasteiger charge is 2.50. The highest BCUT2D eigenvalue weighted by atomic mass is 19.4. The van der Waals surface area contributed by atoms with Crippen molar-refractivity contribution >= 4 is 0 Å². The van der Waals surface area contributed by atoms with E-state index in [0.717, 1.165) is 25.7 Å². The quantitative estimate of drug-likeness (QED) is 0.306. The summed E-state index contributed by atoms with van der Waals surface area (Å²) in [6.07, 6.45) is -11.6. The van der Waals surface area contributed by atoms with E-state index < -0.39 is 58.7 Å². The summed E-state index contributed by atoms with van der Waals surface area (Å²) in [6, 6.07) is 0.831. The molecule has 0 aliphatic heterocycles. The number of alkyl halides is 7. The standard InChI is InChI=1S/C24H21F11O2/c1-2-3-12-4-6-13(7-5-12)14-8-16(25)20(17(26)9-14)22(29,30)36-15-10-18(27)21(19(28)11-15)23(31,32)37-24(33,34)35/h8-13H,2-7H2,1H3. The van der Waals surface area contributed by atoms with Gasteiger partial charge in [-0.25, -0.2) is 22.3 Å². The maximum absolute atomic E-state index is 14.6. The highest BCUT2D eigenvalue weighted by Crippen LogP contribution is 2.43. The van der Waals surface area contributed by atoms with E-state index >= 15 is 0 Å². The average molecular weight is 550 g/mol. The molecular formula is C24H21F11O2. The van der Waals surface area contributed by atoms with Crippen molar-refractivity contribution in [3.63, 3.8) is 0 Å². The summed E-state index contributed by atoms with van der Waals surface area (Å²) < 4.78 is 156. The molecule has 1 aliphatic carbocycles. The first-order valence-corrected chi connectivity index (χ1v) is 11.2. The zero-order valence-electron chi connectivity index (χ0n) is 19.2. The molecule has 0 unspecified atom stereocenters. The number of halogens is 11. The van der Waals surface area contributed by atoms with Crippen LogP contribution in [0.25, 0.3) is 0 Å². The van der Waals surface area contributed by atoms with Crippen molar-refractivity contribution < 1.29 is 57.8 Å². The summed E-state index contributed by atoms with van der Waals surface area (Å²) in [5, 5.41) is 0. The molecule has 2 aromatic carbocycles. The molecular weight excluding hydrogens is 529 g/mol. The van der Waals surface area contributed by atoms with Crippen LogP contribution in [0.15, 0.2) is 24.3 Å². The van der Waals surface area contributed by atoms with E-state index in [1.54, 1.807) is 0 Å². The predicted molar refractivity (Wildman–Crippen MR) is 108 cm³/mol. The Kier molecular flexibility index (Phi) is 8.35. The summed E-state index contributed by atoms with van der Waals surface area (Å²) in [5.41, 5.74) is -4.28. The lowest BCUT2D eigenvalue weighted by molar-refractivity contribution is -0.432. The second kappa shape index (κ2) is 10.7. The van der Waals surface area contributed by atoms with Crippen LogP contribution in [0.5, 0.6) is 5.75 Å². The second-order valence-electron chi connectivity index (χ2n) is 8.81. The Bertz CT molecular complexity index is 1060. The minimum absolute atomic E-state index is 0.151. The van der Waals surface area contributed by atoms with E-state index in [1.807, 2.05) is 6.92 Å². The van der Waals surface area contributed by atoms with Gasteiger partial charge < -0.3 is 4.74 Å². The third kappa shape index (κ3) is 6.85. The van der Waals surface area contributed by atoms with Crippen molar-refractivity contribution in [2.24, 2.45) is 5.92 Å². The number of rotatable bonds is 8. The largest absolute Gasteiger partial charge is 0.527 e. The molecule has 0 aromatic heterocycles. The summed E-state index contributed by atoms with van der Waals surface area (Å²) >= 11 is 0. The van der Waals surface area contributed by atoms with Crippen molar-refractivity contribution in [3.05, 3.63) is 64.2 Å². The molecule has 0 N–H and O–H groups in total. The SMILES string of the molecule is CCCC1CCC(c2cc(F)c(C(F)(F)Oc3cc(F)c(C(F)(F)OC(F)(F)F)c(F)c3)c(F)c2)CC1. The van der Waals surface area contributed by atoms with Crippen molar-refractivity contribution in [1.82, 2.24) is 0 Å². The maximum atomic E-state index is 14.6. The summed E-state index contributed by atoms with van der Waals surface area (Å²) in [7, 11) is 0. The minimum atomic E-state index is -6.00. The third-order valence-corrected chi connectivity index (χ3v) is 6.17. The average Bonchev–Trinajstić information content (AvgIpc) is 2.70. The van der Waals surface area contributed by atoms with Gasteiger partial charge in [0, 0.05) is 12.1 Å². The van der Waals surface area contributed by atoms with Gasteiger partial charge in [-0.1, -0.05) is 19.8 Å². The van der Waals surface area contributed by atoms with Gasteiger partial charge in [0.25, 0.3) is 0 Å². The van der Waals surface area contributed by atoms with Gasteiger partial charge in [-0.15, -0.1) is 13.2 Å². The van der Waals surface area contributed by atoms with Crippen LogP contribution in [-0.4, -0.2) is 6.36 Å². The molecule has 1 saturated carbocycles. The maximum Gasteiger partial charge on any atom is 0.527 e. The summed E-state index contributed by atoms with van der Waals surface area (Å²) in [4.78, 5) is 0. The molecule has 0 spiro atoms. The minimum Gasteiger partial charge on any atom is -0.429 e. The van der Waals surface area contributed by atoms with Gasteiger partial charge in [0.2, 0.25) is 0 Å². The molecule has 13 heteroatoms. The molecule has 0 atom stereocenters. The van der Waals surface area contributed by atoms with Crippen molar-refractivity contribution in [3.8, 4) is 5.75 Å². The molecule has 1 aliphatic rings. The predicted octanol–water partition coefficient (Wildman–Crippen LogP) is 9.03. The summed E-state index contributed by atoms with van der Waals surface area (Å²) in [5.74, 6) is -9.61. The van der Waals surface area contributed by atoms with Gasteiger partial charge in [-0.05, 0) is 55.2 Å². The first-order valence-electron chi connectivity index (χ1n) is 11.2. The lowest BCUT2D eigenvalue weighted by Gasteiger charge is -2.29. The van der Waals surface area contributed by atoms with E-state index in [9.17, 15) is 48.3 Å². The van der Waals surface area contributed by atoms with Crippen LogP contribution in [0.3, 0.4) is 0 Å². The molecule has 206 valence electrons. The van der Waals surface area contributed by atoms with Crippen LogP contribution in [0.4, 0.5) is 48.3 Å². The fraction of sp³-hybridized carbons (Fsp3) is 0.500. The van der Waals surface area contributed by atoms with Gasteiger partial charge in [0.05, 0.1) is 0 Å². The third-order valence-electron chi connectivity index (χ3n) is 6.17. The Hall–Kier alpha value is -2.57.